The van der Waals surface area contributed by atoms with Crippen molar-refractivity contribution in [3.63, 3.8) is 0 Å². The van der Waals surface area contributed by atoms with Crippen LogP contribution in [-0.4, -0.2) is 25.3 Å². The minimum atomic E-state index is -0.524. The molecule has 0 saturated heterocycles. The molecule has 0 unspecified atom stereocenters. The summed E-state index contributed by atoms with van der Waals surface area (Å²) in [5, 5.41) is 12.7. The third-order valence-corrected chi connectivity index (χ3v) is 2.78. The number of carbonyl (C=O) groups is 1. The van der Waals surface area contributed by atoms with Crippen LogP contribution in [-0.2, 0) is 11.3 Å². The fourth-order valence-electron chi connectivity index (χ4n) is 1.74. The van der Waals surface area contributed by atoms with Crippen LogP contribution < -0.4 is 10.1 Å². The number of aromatic hydroxyl groups is 1. The number of rotatable bonds is 5. The maximum atomic E-state index is 11.4. The highest BCUT2D eigenvalue weighted by Gasteiger charge is 2.15. The Kier molecular flexibility index (Phi) is 4.14. The molecule has 0 aliphatic heterocycles. The van der Waals surface area contributed by atoms with Gasteiger partial charge in [0, 0.05) is 23.9 Å². The summed E-state index contributed by atoms with van der Waals surface area (Å²) in [5.74, 6) is 0.0779. The molecular weight excluding hydrogens is 262 g/mol. The van der Waals surface area contributed by atoms with Gasteiger partial charge in [0.1, 0.15) is 0 Å². The van der Waals surface area contributed by atoms with Crippen molar-refractivity contribution in [3.05, 3.63) is 41.9 Å². The van der Waals surface area contributed by atoms with E-state index in [2.05, 4.69) is 10.1 Å². The molecule has 6 heteroatoms. The van der Waals surface area contributed by atoms with Crippen LogP contribution in [0.3, 0.4) is 0 Å². The van der Waals surface area contributed by atoms with Crippen LogP contribution in [0.5, 0.6) is 11.5 Å². The van der Waals surface area contributed by atoms with Crippen molar-refractivity contribution >= 4 is 11.7 Å². The lowest BCUT2D eigenvalue weighted by Gasteiger charge is -2.08. The van der Waals surface area contributed by atoms with E-state index in [0.29, 0.717) is 23.5 Å². The maximum absolute atomic E-state index is 11.4. The van der Waals surface area contributed by atoms with Gasteiger partial charge >= 0.3 is 5.97 Å². The zero-order valence-electron chi connectivity index (χ0n) is 11.2. The number of phenols is 1. The molecule has 0 radical (unpaired) electrons. The Morgan fingerprint density at radius 2 is 2.15 bits per heavy atom. The van der Waals surface area contributed by atoms with Crippen molar-refractivity contribution in [1.29, 1.82) is 0 Å². The molecule has 1 aromatic carbocycles. The Labute approximate surface area is 115 Å². The molecule has 1 aromatic heterocycles. The zero-order valence-corrected chi connectivity index (χ0v) is 11.2. The number of esters is 1. The Morgan fingerprint density at radius 3 is 2.80 bits per heavy atom. The third kappa shape index (κ3) is 2.85. The molecule has 106 valence electrons. The van der Waals surface area contributed by atoms with Crippen molar-refractivity contribution < 1.29 is 23.8 Å². The lowest BCUT2D eigenvalue weighted by atomic mass is 10.2. The highest BCUT2D eigenvalue weighted by atomic mass is 16.5. The smallest absolute Gasteiger partial charge is 0.374 e. The second-order valence-electron chi connectivity index (χ2n) is 4.01. The number of furan rings is 1. The van der Waals surface area contributed by atoms with E-state index >= 15 is 0 Å². The number of nitrogens with one attached hydrogen (secondary N) is 1. The number of phenolic OH excluding ortho intramolecular Hbond substituents is 1. The normalized spacial score (nSPS) is 10.1. The summed E-state index contributed by atoms with van der Waals surface area (Å²) in [7, 11) is 2.78. The standard InChI is InChI=1S/C14H15NO5/c1-18-12-4-3-10(7-11(12)16)15-8-9-5-6-20-13(9)14(17)19-2/h3-7,15-16H,8H2,1-2H3. The summed E-state index contributed by atoms with van der Waals surface area (Å²) in [6.07, 6.45) is 1.43. The Bertz CT molecular complexity index is 605. The van der Waals surface area contributed by atoms with Crippen LogP contribution in [0.25, 0.3) is 0 Å². The summed E-state index contributed by atoms with van der Waals surface area (Å²) in [6.45, 7) is 0.368. The topological polar surface area (TPSA) is 80.9 Å². The average Bonchev–Trinajstić information content (AvgIpc) is 2.93. The zero-order chi connectivity index (χ0) is 14.5. The van der Waals surface area contributed by atoms with Crippen molar-refractivity contribution in [2.45, 2.75) is 6.54 Å². The highest BCUT2D eigenvalue weighted by Crippen LogP contribution is 2.28. The summed E-state index contributed by atoms with van der Waals surface area (Å²) in [4.78, 5) is 11.4. The van der Waals surface area contributed by atoms with Gasteiger partial charge in [-0.25, -0.2) is 4.79 Å². The molecule has 2 aromatic rings. The molecular formula is C14H15NO5. The summed E-state index contributed by atoms with van der Waals surface area (Å²) < 4.78 is 14.7. The highest BCUT2D eigenvalue weighted by molar-refractivity contribution is 5.87. The van der Waals surface area contributed by atoms with E-state index < -0.39 is 5.97 Å². The summed E-state index contributed by atoms with van der Waals surface area (Å²) in [5.41, 5.74) is 1.37. The Morgan fingerprint density at radius 1 is 1.35 bits per heavy atom. The van der Waals surface area contributed by atoms with Gasteiger partial charge < -0.3 is 24.3 Å². The van der Waals surface area contributed by atoms with Gasteiger partial charge in [0.2, 0.25) is 5.76 Å². The molecule has 2 N–H and O–H groups in total. The molecule has 0 bridgehead atoms. The van der Waals surface area contributed by atoms with Crippen molar-refractivity contribution in [1.82, 2.24) is 0 Å². The Balaban J connectivity index is 2.07. The lowest BCUT2D eigenvalue weighted by Crippen LogP contribution is -2.06. The maximum Gasteiger partial charge on any atom is 0.374 e. The van der Waals surface area contributed by atoms with E-state index in [9.17, 15) is 9.90 Å². The number of hydrogen-bond donors (Lipinski definition) is 2. The first-order valence-corrected chi connectivity index (χ1v) is 5.91. The molecule has 0 aliphatic carbocycles. The van der Waals surface area contributed by atoms with E-state index in [0.717, 1.165) is 0 Å². The van der Waals surface area contributed by atoms with E-state index in [-0.39, 0.29) is 11.5 Å². The van der Waals surface area contributed by atoms with E-state index in [1.165, 1.54) is 26.5 Å². The predicted octanol–water partition coefficient (Wildman–Crippen LogP) is 2.39. The van der Waals surface area contributed by atoms with Gasteiger partial charge in [-0.05, 0) is 18.2 Å². The Hall–Kier alpha value is -2.63. The van der Waals surface area contributed by atoms with Crippen LogP contribution in [0.15, 0.2) is 34.9 Å². The minimum absolute atomic E-state index is 0.0397. The number of ether oxygens (including phenoxy) is 2. The van der Waals surface area contributed by atoms with Gasteiger partial charge in [-0.15, -0.1) is 0 Å². The predicted molar refractivity (Wildman–Crippen MR) is 72.0 cm³/mol. The largest absolute Gasteiger partial charge is 0.504 e. The van der Waals surface area contributed by atoms with E-state index in [1.54, 1.807) is 18.2 Å². The first-order chi connectivity index (χ1) is 9.65. The van der Waals surface area contributed by atoms with Gasteiger partial charge in [0.15, 0.2) is 11.5 Å². The van der Waals surface area contributed by atoms with Gasteiger partial charge in [0.05, 0.1) is 20.5 Å². The number of hydrogen-bond acceptors (Lipinski definition) is 6. The molecule has 0 saturated carbocycles. The first-order valence-electron chi connectivity index (χ1n) is 5.91. The summed E-state index contributed by atoms with van der Waals surface area (Å²) in [6, 6.07) is 6.63. The van der Waals surface area contributed by atoms with Gasteiger partial charge in [-0.2, -0.15) is 0 Å². The number of methoxy groups -OCH3 is 2. The number of benzene rings is 1. The van der Waals surface area contributed by atoms with E-state index in [4.69, 9.17) is 9.15 Å². The average molecular weight is 277 g/mol. The van der Waals surface area contributed by atoms with Crippen LogP contribution in [0, 0.1) is 0 Å². The molecule has 0 aliphatic rings. The van der Waals surface area contributed by atoms with Crippen molar-refractivity contribution in [3.8, 4) is 11.5 Å². The second kappa shape index (κ2) is 6.01. The molecule has 0 amide bonds. The van der Waals surface area contributed by atoms with Crippen LogP contribution in [0.2, 0.25) is 0 Å². The van der Waals surface area contributed by atoms with Gasteiger partial charge in [-0.1, -0.05) is 0 Å². The molecule has 0 fully saturated rings. The fourth-order valence-corrected chi connectivity index (χ4v) is 1.74. The monoisotopic (exact) mass is 277 g/mol. The summed E-state index contributed by atoms with van der Waals surface area (Å²) >= 11 is 0. The van der Waals surface area contributed by atoms with Crippen LogP contribution in [0.4, 0.5) is 5.69 Å². The lowest BCUT2D eigenvalue weighted by molar-refractivity contribution is 0.0563. The van der Waals surface area contributed by atoms with Gasteiger partial charge in [-0.3, -0.25) is 0 Å². The van der Waals surface area contributed by atoms with Crippen molar-refractivity contribution in [2.24, 2.45) is 0 Å². The quantitative estimate of drug-likeness (QED) is 0.817. The third-order valence-electron chi connectivity index (χ3n) is 2.78. The van der Waals surface area contributed by atoms with Gasteiger partial charge in [0.25, 0.3) is 0 Å². The number of carbonyl (C=O) groups excluding carboxylic acids is 1. The minimum Gasteiger partial charge on any atom is -0.504 e. The fraction of sp³-hybridized carbons (Fsp3) is 0.214. The van der Waals surface area contributed by atoms with Crippen LogP contribution in [0.1, 0.15) is 16.1 Å². The second-order valence-corrected chi connectivity index (χ2v) is 4.01. The molecule has 0 spiro atoms. The van der Waals surface area contributed by atoms with Crippen LogP contribution >= 0.6 is 0 Å². The number of anilines is 1. The molecule has 20 heavy (non-hydrogen) atoms. The van der Waals surface area contributed by atoms with E-state index in [1.807, 2.05) is 0 Å². The molecule has 6 nitrogen and oxygen atoms in total. The molecule has 1 heterocycles. The van der Waals surface area contributed by atoms with Crippen molar-refractivity contribution in [2.75, 3.05) is 19.5 Å². The molecule has 2 rings (SSSR count). The SMILES string of the molecule is COC(=O)c1occc1CNc1ccc(OC)c(O)c1. The molecule has 0 atom stereocenters. The first kappa shape index (κ1) is 13.8.